The molecule has 1 rings (SSSR count). The van der Waals surface area contributed by atoms with Crippen molar-refractivity contribution in [2.75, 3.05) is 13.2 Å². The van der Waals surface area contributed by atoms with Crippen molar-refractivity contribution in [3.05, 3.63) is 35.9 Å². The van der Waals surface area contributed by atoms with Gasteiger partial charge in [-0.15, -0.1) is 6.58 Å². The molecule has 20 heavy (non-hydrogen) atoms. The van der Waals surface area contributed by atoms with Crippen LogP contribution in [0.2, 0.25) is 0 Å². The molecule has 1 aromatic carbocycles. The third-order valence-electron chi connectivity index (χ3n) is 2.48. The van der Waals surface area contributed by atoms with Gasteiger partial charge in [0.15, 0.2) is 6.61 Å². The number of amides is 1. The lowest BCUT2D eigenvalue weighted by atomic mass is 10.1. The van der Waals surface area contributed by atoms with E-state index in [1.165, 1.54) is 12.1 Å². The Morgan fingerprint density at radius 1 is 1.45 bits per heavy atom. The summed E-state index contributed by atoms with van der Waals surface area (Å²) in [6.45, 7) is 6.94. The average Bonchev–Trinajstić information content (AvgIpc) is 2.33. The Morgan fingerprint density at radius 2 is 2.10 bits per heavy atom. The highest BCUT2D eigenvalue weighted by Gasteiger charge is 2.19. The van der Waals surface area contributed by atoms with E-state index in [4.69, 9.17) is 9.88 Å². The molecule has 0 atom stereocenters. The Bertz CT molecular complexity index is 624. The summed E-state index contributed by atoms with van der Waals surface area (Å²) >= 11 is 0. The van der Waals surface area contributed by atoms with Gasteiger partial charge in [0.2, 0.25) is 10.0 Å². The number of sulfonamides is 1. The smallest absolute Gasteiger partial charge is 0.258 e. The highest BCUT2D eigenvalue weighted by atomic mass is 32.2. The van der Waals surface area contributed by atoms with Crippen LogP contribution in [0.25, 0.3) is 0 Å². The summed E-state index contributed by atoms with van der Waals surface area (Å²) in [6, 6.07) is 3.17. The van der Waals surface area contributed by atoms with Gasteiger partial charge in [-0.1, -0.05) is 12.1 Å². The van der Waals surface area contributed by atoms with Crippen molar-refractivity contribution < 1.29 is 17.9 Å². The van der Waals surface area contributed by atoms with E-state index < -0.39 is 10.0 Å². The minimum atomic E-state index is -3.92. The van der Waals surface area contributed by atoms with E-state index >= 15 is 0 Å². The molecular formula is C13H18N2O4S. The van der Waals surface area contributed by atoms with E-state index in [0.29, 0.717) is 12.1 Å². The normalized spacial score (nSPS) is 10.9. The zero-order valence-electron chi connectivity index (χ0n) is 11.5. The number of hydrogen-bond acceptors (Lipinski definition) is 4. The van der Waals surface area contributed by atoms with Crippen LogP contribution in [-0.2, 0) is 14.8 Å². The number of aryl methyl sites for hydroxylation is 2. The van der Waals surface area contributed by atoms with Crippen LogP contribution in [0.4, 0.5) is 0 Å². The molecule has 0 heterocycles. The van der Waals surface area contributed by atoms with Crippen molar-refractivity contribution in [1.82, 2.24) is 5.32 Å². The molecular weight excluding hydrogens is 280 g/mol. The fourth-order valence-corrected chi connectivity index (χ4v) is 2.51. The van der Waals surface area contributed by atoms with Crippen molar-refractivity contribution in [2.45, 2.75) is 18.7 Å². The monoisotopic (exact) mass is 298 g/mol. The average molecular weight is 298 g/mol. The Kier molecular flexibility index (Phi) is 5.29. The molecule has 0 fully saturated rings. The fraction of sp³-hybridized carbons (Fsp3) is 0.308. The zero-order chi connectivity index (χ0) is 15.3. The Labute approximate surface area is 118 Å². The molecule has 6 nitrogen and oxygen atoms in total. The fourth-order valence-electron chi connectivity index (χ4n) is 1.69. The molecule has 0 radical (unpaired) electrons. The second kappa shape index (κ2) is 6.53. The molecule has 0 saturated carbocycles. The van der Waals surface area contributed by atoms with Crippen LogP contribution in [0.1, 0.15) is 11.1 Å². The molecule has 0 aliphatic rings. The van der Waals surface area contributed by atoms with Gasteiger partial charge in [0.05, 0.1) is 0 Å². The van der Waals surface area contributed by atoms with Crippen molar-refractivity contribution in [2.24, 2.45) is 5.14 Å². The zero-order valence-corrected chi connectivity index (χ0v) is 12.3. The molecule has 0 aliphatic heterocycles. The maximum atomic E-state index is 11.6. The Balaban J connectivity index is 3.00. The molecule has 0 spiro atoms. The van der Waals surface area contributed by atoms with Gasteiger partial charge in [-0.25, -0.2) is 13.6 Å². The first-order chi connectivity index (χ1) is 9.25. The lowest BCUT2D eigenvalue weighted by Crippen LogP contribution is -2.29. The highest BCUT2D eigenvalue weighted by molar-refractivity contribution is 7.89. The Morgan fingerprint density at radius 3 is 2.65 bits per heavy atom. The van der Waals surface area contributed by atoms with Crippen molar-refractivity contribution in [1.29, 1.82) is 0 Å². The maximum absolute atomic E-state index is 11.6. The number of rotatable bonds is 6. The largest absolute Gasteiger partial charge is 0.482 e. The van der Waals surface area contributed by atoms with Crippen LogP contribution in [0.3, 0.4) is 0 Å². The second-order valence-corrected chi connectivity index (χ2v) is 5.87. The van der Waals surface area contributed by atoms with Gasteiger partial charge in [-0.2, -0.15) is 0 Å². The number of benzene rings is 1. The molecule has 7 heteroatoms. The van der Waals surface area contributed by atoms with E-state index in [1.54, 1.807) is 19.9 Å². The lowest BCUT2D eigenvalue weighted by Gasteiger charge is -2.13. The van der Waals surface area contributed by atoms with Crippen LogP contribution in [-0.4, -0.2) is 27.5 Å². The van der Waals surface area contributed by atoms with E-state index in [9.17, 15) is 13.2 Å². The van der Waals surface area contributed by atoms with Gasteiger partial charge in [0.1, 0.15) is 10.6 Å². The van der Waals surface area contributed by atoms with Gasteiger partial charge >= 0.3 is 0 Å². The van der Waals surface area contributed by atoms with E-state index in [-0.39, 0.29) is 23.2 Å². The van der Waals surface area contributed by atoms with Gasteiger partial charge in [-0.3, -0.25) is 4.79 Å². The predicted octanol–water partition coefficient (Wildman–Crippen LogP) is 0.632. The second-order valence-electron chi connectivity index (χ2n) is 4.34. The summed E-state index contributed by atoms with van der Waals surface area (Å²) in [5.74, 6) is -0.267. The number of carbonyl (C=O) groups excluding carboxylic acids is 1. The standard InChI is InChI=1S/C13H18N2O4S/c1-4-5-15-12(16)8-19-13-10(3)6-9(2)7-11(13)20(14,17)18/h4,6-7H,1,5,8H2,2-3H3,(H,15,16)(H2,14,17,18). The van der Waals surface area contributed by atoms with Crippen LogP contribution in [0, 0.1) is 13.8 Å². The molecule has 0 aromatic heterocycles. The molecule has 1 amide bonds. The number of hydrogen-bond donors (Lipinski definition) is 2. The lowest BCUT2D eigenvalue weighted by molar-refractivity contribution is -0.122. The summed E-state index contributed by atoms with van der Waals surface area (Å²) in [5.41, 5.74) is 1.35. The van der Waals surface area contributed by atoms with Crippen LogP contribution >= 0.6 is 0 Å². The summed E-state index contributed by atoms with van der Waals surface area (Å²) in [7, 11) is -3.92. The van der Waals surface area contributed by atoms with Crippen molar-refractivity contribution in [3.63, 3.8) is 0 Å². The first-order valence-electron chi connectivity index (χ1n) is 5.90. The SMILES string of the molecule is C=CCNC(=O)COc1c(C)cc(C)cc1S(N)(=O)=O. The molecule has 1 aromatic rings. The van der Waals surface area contributed by atoms with Crippen LogP contribution in [0.5, 0.6) is 5.75 Å². The summed E-state index contributed by atoms with van der Waals surface area (Å²) in [5, 5.41) is 7.69. The van der Waals surface area contributed by atoms with Crippen molar-refractivity contribution >= 4 is 15.9 Å². The number of nitrogens with two attached hydrogens (primary N) is 1. The third kappa shape index (κ3) is 4.36. The van der Waals surface area contributed by atoms with E-state index in [1.807, 2.05) is 0 Å². The number of primary sulfonamides is 1. The minimum Gasteiger partial charge on any atom is -0.482 e. The number of nitrogens with one attached hydrogen (secondary N) is 1. The molecule has 3 N–H and O–H groups in total. The molecule has 110 valence electrons. The molecule has 0 aliphatic carbocycles. The number of carbonyl (C=O) groups is 1. The topological polar surface area (TPSA) is 98.5 Å². The summed E-state index contributed by atoms with van der Waals surface area (Å²) < 4.78 is 28.4. The van der Waals surface area contributed by atoms with E-state index in [2.05, 4.69) is 11.9 Å². The predicted molar refractivity (Wildman–Crippen MR) is 76.0 cm³/mol. The van der Waals surface area contributed by atoms with E-state index in [0.717, 1.165) is 5.56 Å². The maximum Gasteiger partial charge on any atom is 0.258 e. The first-order valence-corrected chi connectivity index (χ1v) is 7.44. The number of ether oxygens (including phenoxy) is 1. The Hall–Kier alpha value is -1.86. The first kappa shape index (κ1) is 16.2. The van der Waals surface area contributed by atoms with Crippen LogP contribution < -0.4 is 15.2 Å². The molecule has 0 bridgehead atoms. The van der Waals surface area contributed by atoms with Crippen LogP contribution in [0.15, 0.2) is 29.7 Å². The minimum absolute atomic E-state index is 0.104. The van der Waals surface area contributed by atoms with Gasteiger partial charge in [0, 0.05) is 6.54 Å². The quantitative estimate of drug-likeness (QED) is 0.753. The summed E-state index contributed by atoms with van der Waals surface area (Å²) in [4.78, 5) is 11.3. The summed E-state index contributed by atoms with van der Waals surface area (Å²) in [6.07, 6.45) is 1.53. The third-order valence-corrected chi connectivity index (χ3v) is 3.40. The van der Waals surface area contributed by atoms with Crippen molar-refractivity contribution in [3.8, 4) is 5.75 Å². The molecule has 0 unspecified atom stereocenters. The highest BCUT2D eigenvalue weighted by Crippen LogP contribution is 2.28. The van der Waals surface area contributed by atoms with Gasteiger partial charge < -0.3 is 10.1 Å². The molecule has 0 saturated heterocycles. The van der Waals surface area contributed by atoms with Gasteiger partial charge in [-0.05, 0) is 31.0 Å². The van der Waals surface area contributed by atoms with Gasteiger partial charge in [0.25, 0.3) is 5.91 Å².